The number of H-pyrrole nitrogens is 1. The molecule has 2 aromatic heterocycles. The fourth-order valence-electron chi connectivity index (χ4n) is 2.52. The van der Waals surface area contributed by atoms with Gasteiger partial charge in [0.15, 0.2) is 0 Å². The monoisotopic (exact) mass is 291 g/mol. The van der Waals surface area contributed by atoms with Gasteiger partial charge in [-0.25, -0.2) is 4.98 Å². The lowest BCUT2D eigenvalue weighted by atomic mass is 10.00. The van der Waals surface area contributed by atoms with Crippen LogP contribution in [0.15, 0.2) is 10.9 Å². The number of hydrogen-bond donors (Lipinski definition) is 2. The van der Waals surface area contributed by atoms with Crippen LogP contribution in [0.3, 0.4) is 0 Å². The third-order valence-corrected chi connectivity index (χ3v) is 3.79. The molecule has 3 heterocycles. The Balaban J connectivity index is 1.94. The summed E-state index contributed by atoms with van der Waals surface area (Å²) in [5.41, 5.74) is -0.127. The summed E-state index contributed by atoms with van der Waals surface area (Å²) in [5.74, 6) is 0.506. The minimum atomic E-state index is -1.02. The summed E-state index contributed by atoms with van der Waals surface area (Å²) in [6.07, 6.45) is 1.89. The number of piperidine rings is 1. The number of carboxylic acid groups (broad SMARTS) is 1. The molecule has 2 N–H and O–H groups in total. The molecule has 0 bridgehead atoms. The second-order valence-electron chi connectivity index (χ2n) is 5.51. The predicted molar refractivity (Wildman–Crippen MR) is 75.6 cm³/mol. The molecule has 112 valence electrons. The van der Waals surface area contributed by atoms with Crippen LogP contribution in [0.4, 0.5) is 5.95 Å². The van der Waals surface area contributed by atoms with Crippen molar-refractivity contribution in [2.45, 2.75) is 26.2 Å². The lowest BCUT2D eigenvalue weighted by molar-refractivity contribution is -0.136. The van der Waals surface area contributed by atoms with Crippen LogP contribution in [-0.4, -0.2) is 43.7 Å². The number of nitrogens with one attached hydrogen (secondary N) is 1. The molecule has 0 amide bonds. The average molecular weight is 291 g/mol. The molecule has 0 aromatic carbocycles. The van der Waals surface area contributed by atoms with Crippen LogP contribution < -0.4 is 10.5 Å². The number of carbonyl (C=O) groups is 1. The second-order valence-corrected chi connectivity index (χ2v) is 5.51. The molecule has 0 atom stereocenters. The van der Waals surface area contributed by atoms with Crippen molar-refractivity contribution in [1.29, 1.82) is 0 Å². The first kappa shape index (κ1) is 13.6. The van der Waals surface area contributed by atoms with Crippen LogP contribution in [0, 0.1) is 5.92 Å². The van der Waals surface area contributed by atoms with Gasteiger partial charge in [-0.15, -0.1) is 0 Å². The molecule has 0 saturated carbocycles. The molecule has 0 unspecified atom stereocenters. The Kier molecular flexibility index (Phi) is 3.36. The van der Waals surface area contributed by atoms with Crippen LogP contribution in [0.2, 0.25) is 0 Å². The summed E-state index contributed by atoms with van der Waals surface area (Å²) in [5, 5.41) is 11.7. The molecule has 1 aliphatic heterocycles. The molecule has 8 heteroatoms. The van der Waals surface area contributed by atoms with Gasteiger partial charge in [0.2, 0.25) is 5.95 Å². The van der Waals surface area contributed by atoms with E-state index in [4.69, 9.17) is 5.11 Å². The second kappa shape index (κ2) is 5.19. The maximum atomic E-state index is 12.0. The molecule has 0 aliphatic carbocycles. The molecule has 1 aliphatic rings. The van der Waals surface area contributed by atoms with E-state index >= 15 is 0 Å². The van der Waals surface area contributed by atoms with Crippen molar-refractivity contribution < 1.29 is 9.90 Å². The van der Waals surface area contributed by atoms with Crippen LogP contribution in [-0.2, 0) is 11.2 Å². The largest absolute Gasteiger partial charge is 0.481 e. The Morgan fingerprint density at radius 2 is 2.14 bits per heavy atom. The fourth-order valence-corrected chi connectivity index (χ4v) is 2.52. The third kappa shape index (κ3) is 2.74. The Bertz CT molecular complexity index is 727. The maximum Gasteiger partial charge on any atom is 0.309 e. The van der Waals surface area contributed by atoms with E-state index in [1.165, 1.54) is 10.6 Å². The van der Waals surface area contributed by atoms with Crippen molar-refractivity contribution in [3.05, 3.63) is 22.1 Å². The van der Waals surface area contributed by atoms with Crippen molar-refractivity contribution in [3.63, 3.8) is 0 Å². The van der Waals surface area contributed by atoms with Crippen LogP contribution in [0.25, 0.3) is 5.78 Å². The maximum absolute atomic E-state index is 12.0. The zero-order valence-corrected chi connectivity index (χ0v) is 11.7. The third-order valence-electron chi connectivity index (χ3n) is 3.79. The molecule has 0 spiro atoms. The standard InChI is InChI=1S/C13H17N5O3/c1-8-2-4-17(5-3-8)13-15-12-14-9(7-11(20)21)6-10(19)18(12)16-13/h6,8H,2-5,7H2,1H3,(H,20,21)(H,14,15,16). The molecule has 1 saturated heterocycles. The molecular weight excluding hydrogens is 274 g/mol. The van der Waals surface area contributed by atoms with Crippen LogP contribution in [0.1, 0.15) is 25.5 Å². The number of aliphatic carboxylic acids is 1. The van der Waals surface area contributed by atoms with Gasteiger partial charge in [0.25, 0.3) is 11.3 Å². The van der Waals surface area contributed by atoms with Gasteiger partial charge < -0.3 is 10.0 Å². The lowest BCUT2D eigenvalue weighted by Gasteiger charge is -2.29. The van der Waals surface area contributed by atoms with Crippen molar-refractivity contribution in [3.8, 4) is 0 Å². The molecule has 1 fully saturated rings. The smallest absolute Gasteiger partial charge is 0.309 e. The van der Waals surface area contributed by atoms with E-state index in [0.717, 1.165) is 25.9 Å². The first-order valence-electron chi connectivity index (χ1n) is 6.98. The summed E-state index contributed by atoms with van der Waals surface area (Å²) in [6, 6.07) is 1.22. The fraction of sp³-hybridized carbons (Fsp3) is 0.538. The highest BCUT2D eigenvalue weighted by Crippen LogP contribution is 2.20. The average Bonchev–Trinajstić information content (AvgIpc) is 2.83. The van der Waals surface area contributed by atoms with E-state index in [0.29, 0.717) is 11.9 Å². The molecule has 3 rings (SSSR count). The van der Waals surface area contributed by atoms with Gasteiger partial charge in [-0.3, -0.25) is 14.7 Å². The van der Waals surface area contributed by atoms with E-state index < -0.39 is 5.97 Å². The van der Waals surface area contributed by atoms with Crippen molar-refractivity contribution in [2.24, 2.45) is 5.92 Å². The van der Waals surface area contributed by atoms with Crippen molar-refractivity contribution >= 4 is 17.7 Å². The van der Waals surface area contributed by atoms with Crippen LogP contribution in [0.5, 0.6) is 0 Å². The van der Waals surface area contributed by atoms with Gasteiger partial charge in [-0.1, -0.05) is 6.92 Å². The van der Waals surface area contributed by atoms with Gasteiger partial charge in [0, 0.05) is 19.2 Å². The number of fused-ring (bicyclic) bond motifs is 1. The Morgan fingerprint density at radius 1 is 1.43 bits per heavy atom. The minimum absolute atomic E-state index is 0.215. The lowest BCUT2D eigenvalue weighted by Crippen LogP contribution is -2.33. The van der Waals surface area contributed by atoms with Gasteiger partial charge in [-0.05, 0) is 18.8 Å². The molecule has 21 heavy (non-hydrogen) atoms. The number of rotatable bonds is 3. The SMILES string of the molecule is CC1CCN(c2nc3nc(CC(=O)O)cc(=O)n3[nH]2)CC1. The van der Waals surface area contributed by atoms with E-state index in [-0.39, 0.29) is 23.5 Å². The Hall–Kier alpha value is -2.38. The zero-order chi connectivity index (χ0) is 15.0. The highest BCUT2D eigenvalue weighted by atomic mass is 16.4. The van der Waals surface area contributed by atoms with Crippen molar-refractivity contribution in [2.75, 3.05) is 18.0 Å². The topological polar surface area (TPSA) is 104 Å². The number of carboxylic acids is 1. The van der Waals surface area contributed by atoms with Crippen molar-refractivity contribution in [1.82, 2.24) is 19.6 Å². The van der Waals surface area contributed by atoms with Gasteiger partial charge in [0.05, 0.1) is 12.1 Å². The summed E-state index contributed by atoms with van der Waals surface area (Å²) >= 11 is 0. The van der Waals surface area contributed by atoms with Gasteiger partial charge >= 0.3 is 5.97 Å². The highest BCUT2D eigenvalue weighted by molar-refractivity contribution is 5.69. The molecule has 2 aromatic rings. The van der Waals surface area contributed by atoms with Crippen LogP contribution >= 0.6 is 0 Å². The van der Waals surface area contributed by atoms with Gasteiger partial charge in [-0.2, -0.15) is 9.50 Å². The first-order valence-corrected chi connectivity index (χ1v) is 6.98. The highest BCUT2D eigenvalue weighted by Gasteiger charge is 2.19. The zero-order valence-electron chi connectivity index (χ0n) is 11.7. The van der Waals surface area contributed by atoms with E-state index in [9.17, 15) is 9.59 Å². The van der Waals surface area contributed by atoms with E-state index in [1.54, 1.807) is 0 Å². The van der Waals surface area contributed by atoms with E-state index in [1.807, 2.05) is 0 Å². The van der Waals surface area contributed by atoms with Gasteiger partial charge in [0.1, 0.15) is 0 Å². The number of aromatic nitrogens is 4. The number of nitrogens with zero attached hydrogens (tertiary/aromatic N) is 4. The molecule has 8 nitrogen and oxygen atoms in total. The number of hydrogen-bond acceptors (Lipinski definition) is 5. The first-order chi connectivity index (χ1) is 10.0. The Morgan fingerprint density at radius 3 is 2.81 bits per heavy atom. The predicted octanol–water partition coefficient (Wildman–Crippen LogP) is 0.281. The summed E-state index contributed by atoms with van der Waals surface area (Å²) in [7, 11) is 0. The quantitative estimate of drug-likeness (QED) is 0.842. The molecular formula is C13H17N5O3. The number of anilines is 1. The normalized spacial score (nSPS) is 16.5. The summed E-state index contributed by atoms with van der Waals surface area (Å²) in [6.45, 7) is 4.00. The minimum Gasteiger partial charge on any atom is -0.481 e. The van der Waals surface area contributed by atoms with E-state index in [2.05, 4.69) is 26.9 Å². The Labute approximate surface area is 120 Å². The molecule has 0 radical (unpaired) electrons. The number of aromatic amines is 1. The summed E-state index contributed by atoms with van der Waals surface area (Å²) < 4.78 is 1.25. The summed E-state index contributed by atoms with van der Waals surface area (Å²) in [4.78, 5) is 33.2.